The van der Waals surface area contributed by atoms with Crippen molar-refractivity contribution in [3.8, 4) is 0 Å². The topological polar surface area (TPSA) is 64.7 Å². The van der Waals surface area contributed by atoms with Gasteiger partial charge >= 0.3 is 0 Å². The number of hydrogen-bond donors (Lipinski definition) is 2. The van der Waals surface area contributed by atoms with E-state index in [0.29, 0.717) is 36.1 Å². The van der Waals surface area contributed by atoms with Gasteiger partial charge in [0.25, 0.3) is 5.91 Å². The molecule has 0 aliphatic carbocycles. The number of hydrogen-bond acceptors (Lipinski definition) is 4. The van der Waals surface area contributed by atoms with Crippen molar-refractivity contribution in [3.05, 3.63) is 82.9 Å². The van der Waals surface area contributed by atoms with E-state index < -0.39 is 0 Å². The molecule has 1 fully saturated rings. The second-order valence-corrected chi connectivity index (χ2v) is 11.0. The first-order valence-electron chi connectivity index (χ1n) is 14.2. The Labute approximate surface area is 237 Å². The van der Waals surface area contributed by atoms with Crippen LogP contribution in [0.2, 0.25) is 5.02 Å². The predicted octanol–water partition coefficient (Wildman–Crippen LogP) is 5.32. The third-order valence-corrected chi connectivity index (χ3v) is 7.97. The van der Waals surface area contributed by atoms with E-state index in [1.54, 1.807) is 0 Å². The van der Waals surface area contributed by atoms with Gasteiger partial charge in [0.15, 0.2) is 0 Å². The van der Waals surface area contributed by atoms with Crippen molar-refractivity contribution >= 4 is 34.2 Å². The van der Waals surface area contributed by atoms with Gasteiger partial charge in [-0.05, 0) is 79.4 Å². The highest BCUT2D eigenvalue weighted by atomic mass is 35.5. The maximum absolute atomic E-state index is 13.6. The van der Waals surface area contributed by atoms with E-state index in [0.717, 1.165) is 43.2 Å². The van der Waals surface area contributed by atoms with Gasteiger partial charge in [-0.3, -0.25) is 9.59 Å². The predicted molar refractivity (Wildman–Crippen MR) is 160 cm³/mol. The molecule has 0 saturated carbocycles. The molecule has 1 saturated heterocycles. The van der Waals surface area contributed by atoms with E-state index in [4.69, 9.17) is 11.6 Å². The van der Waals surface area contributed by atoms with Gasteiger partial charge in [0.05, 0.1) is 6.04 Å². The van der Waals surface area contributed by atoms with E-state index in [2.05, 4.69) is 46.7 Å². The van der Waals surface area contributed by atoms with Gasteiger partial charge in [-0.2, -0.15) is 0 Å². The van der Waals surface area contributed by atoms with Crippen LogP contribution >= 0.6 is 11.6 Å². The normalized spacial score (nSPS) is 15.3. The van der Waals surface area contributed by atoms with Crippen LogP contribution in [0.25, 0.3) is 10.8 Å². The largest absolute Gasteiger partial charge is 0.351 e. The van der Waals surface area contributed by atoms with Gasteiger partial charge in [-0.15, -0.1) is 0 Å². The number of likely N-dealkylation sites (N-methyl/N-ethyl adjacent to an activating group) is 1. The Bertz CT molecular complexity index is 1230. The Kier molecular flexibility index (Phi) is 10.8. The molecule has 3 aromatic rings. The summed E-state index contributed by atoms with van der Waals surface area (Å²) in [7, 11) is 1.91. The molecule has 3 aromatic carbocycles. The van der Waals surface area contributed by atoms with Gasteiger partial charge in [-0.25, -0.2) is 0 Å². The quantitative estimate of drug-likeness (QED) is 0.284. The molecule has 6 nitrogen and oxygen atoms in total. The van der Waals surface area contributed by atoms with Gasteiger partial charge in [0.2, 0.25) is 5.91 Å². The smallest absolute Gasteiger partial charge is 0.251 e. The summed E-state index contributed by atoms with van der Waals surface area (Å²) in [6, 6.07) is 21.4. The molecule has 208 valence electrons. The van der Waals surface area contributed by atoms with E-state index in [1.165, 1.54) is 18.4 Å². The van der Waals surface area contributed by atoms with Crippen molar-refractivity contribution in [2.24, 2.45) is 0 Å². The number of amides is 2. The molecule has 0 radical (unpaired) electrons. The molecule has 4 rings (SSSR count). The lowest BCUT2D eigenvalue weighted by Gasteiger charge is -2.29. The first-order chi connectivity index (χ1) is 18.9. The monoisotopic (exact) mass is 548 g/mol. The maximum atomic E-state index is 13.6. The minimum atomic E-state index is -0.286. The van der Waals surface area contributed by atoms with E-state index >= 15 is 0 Å². The van der Waals surface area contributed by atoms with Crippen LogP contribution in [0.1, 0.15) is 54.4 Å². The van der Waals surface area contributed by atoms with Crippen molar-refractivity contribution < 1.29 is 9.59 Å². The first kappa shape index (κ1) is 29.1. The molecular formula is C32H41ClN4O2. The molecule has 2 atom stereocenters. The second-order valence-electron chi connectivity index (χ2n) is 10.5. The third kappa shape index (κ3) is 8.28. The number of fused-ring (bicyclic) bond motifs is 1. The molecule has 39 heavy (non-hydrogen) atoms. The fraction of sp³-hybridized carbons (Fsp3) is 0.438. The van der Waals surface area contributed by atoms with Gasteiger partial charge in [0.1, 0.15) is 0 Å². The van der Waals surface area contributed by atoms with Crippen LogP contribution < -0.4 is 10.6 Å². The summed E-state index contributed by atoms with van der Waals surface area (Å²) < 4.78 is 0. The molecule has 2 N–H and O–H groups in total. The summed E-state index contributed by atoms with van der Waals surface area (Å²) in [5.74, 6) is 0.291. The van der Waals surface area contributed by atoms with Crippen molar-refractivity contribution in [1.29, 1.82) is 0 Å². The standard InChI is InChI=1S/C32H41ClN4O2/c1-3-24(25-9-5-4-6-10-25)23-36(2)32(39)30(15-20-37-18-7-8-19-37)34-16-17-35-31(38)28-12-11-27-22-29(33)14-13-26(27)21-28/h4-6,9-14,21-22,24,30,34H,3,7-8,15-20,23H2,1-2H3,(H,35,38)/t24-,30+/m1/s1. The van der Waals surface area contributed by atoms with Crippen molar-refractivity contribution in [1.82, 2.24) is 20.4 Å². The molecule has 0 aromatic heterocycles. The maximum Gasteiger partial charge on any atom is 0.251 e. The Balaban J connectivity index is 1.32. The number of rotatable bonds is 13. The summed E-state index contributed by atoms with van der Waals surface area (Å²) in [5, 5.41) is 9.10. The Morgan fingerprint density at radius 3 is 2.44 bits per heavy atom. The van der Waals surface area contributed by atoms with Crippen LogP contribution in [0.15, 0.2) is 66.7 Å². The van der Waals surface area contributed by atoms with Crippen LogP contribution in [-0.2, 0) is 4.79 Å². The highest BCUT2D eigenvalue weighted by Gasteiger charge is 2.25. The summed E-state index contributed by atoms with van der Waals surface area (Å²) >= 11 is 6.08. The van der Waals surface area contributed by atoms with Crippen molar-refractivity contribution in [3.63, 3.8) is 0 Å². The molecule has 0 spiro atoms. The zero-order chi connectivity index (χ0) is 27.6. The lowest BCUT2D eigenvalue weighted by molar-refractivity contribution is -0.132. The number of benzene rings is 3. The molecule has 0 bridgehead atoms. The molecule has 1 aliphatic rings. The zero-order valence-corrected chi connectivity index (χ0v) is 23.9. The molecule has 1 heterocycles. The number of carbonyl (C=O) groups is 2. The van der Waals surface area contributed by atoms with Crippen LogP contribution in [-0.4, -0.2) is 74.0 Å². The number of nitrogens with zero attached hydrogens (tertiary/aromatic N) is 2. The summed E-state index contributed by atoms with van der Waals surface area (Å²) in [5.41, 5.74) is 1.87. The number of halogens is 1. The second kappa shape index (κ2) is 14.5. The minimum Gasteiger partial charge on any atom is -0.351 e. The zero-order valence-electron chi connectivity index (χ0n) is 23.2. The van der Waals surface area contributed by atoms with Gasteiger partial charge in [-0.1, -0.05) is 61.0 Å². The Morgan fingerprint density at radius 1 is 0.974 bits per heavy atom. The SMILES string of the molecule is CC[C@H](CN(C)C(=O)[C@H](CCN1CCCC1)NCCNC(=O)c1ccc2cc(Cl)ccc2c1)c1ccccc1. The lowest BCUT2D eigenvalue weighted by atomic mass is 9.96. The highest BCUT2D eigenvalue weighted by molar-refractivity contribution is 6.31. The summed E-state index contributed by atoms with van der Waals surface area (Å²) in [4.78, 5) is 30.7. The number of carbonyl (C=O) groups excluding carboxylic acids is 2. The molecule has 1 aliphatic heterocycles. The molecule has 2 amide bonds. The molecule has 7 heteroatoms. The van der Waals surface area contributed by atoms with E-state index in [9.17, 15) is 9.59 Å². The fourth-order valence-corrected chi connectivity index (χ4v) is 5.58. The van der Waals surface area contributed by atoms with Crippen molar-refractivity contribution in [2.45, 2.75) is 44.6 Å². The minimum absolute atomic E-state index is 0.114. The third-order valence-electron chi connectivity index (χ3n) is 7.73. The fourth-order valence-electron chi connectivity index (χ4n) is 5.40. The molecule has 0 unspecified atom stereocenters. The van der Waals surface area contributed by atoms with Crippen LogP contribution in [0.4, 0.5) is 0 Å². The average Bonchev–Trinajstić information content (AvgIpc) is 3.48. The Morgan fingerprint density at radius 2 is 1.69 bits per heavy atom. The number of likely N-dealkylation sites (tertiary alicyclic amines) is 1. The van der Waals surface area contributed by atoms with Gasteiger partial charge in [0, 0.05) is 49.7 Å². The molecular weight excluding hydrogens is 508 g/mol. The number of nitrogens with one attached hydrogen (secondary N) is 2. The lowest BCUT2D eigenvalue weighted by Crippen LogP contribution is -2.49. The van der Waals surface area contributed by atoms with E-state index in [1.807, 2.05) is 54.4 Å². The summed E-state index contributed by atoms with van der Waals surface area (Å²) in [6.07, 6.45) is 4.19. The van der Waals surface area contributed by atoms with Crippen molar-refractivity contribution in [2.75, 3.05) is 46.3 Å². The van der Waals surface area contributed by atoms with Crippen LogP contribution in [0.3, 0.4) is 0 Å². The highest BCUT2D eigenvalue weighted by Crippen LogP contribution is 2.22. The van der Waals surface area contributed by atoms with Gasteiger partial charge < -0.3 is 20.4 Å². The van der Waals surface area contributed by atoms with E-state index in [-0.39, 0.29) is 17.9 Å². The summed E-state index contributed by atoms with van der Waals surface area (Å²) in [6.45, 7) is 6.94. The first-order valence-corrected chi connectivity index (χ1v) is 14.6. The van der Waals surface area contributed by atoms with Crippen LogP contribution in [0.5, 0.6) is 0 Å². The average molecular weight is 549 g/mol. The Hall–Kier alpha value is -2.93. The van der Waals surface area contributed by atoms with Crippen LogP contribution in [0, 0.1) is 0 Å².